The number of amides is 1. The molecule has 0 unspecified atom stereocenters. The Morgan fingerprint density at radius 3 is 2.68 bits per heavy atom. The van der Waals surface area contributed by atoms with Gasteiger partial charge in [-0.05, 0) is 30.7 Å². The van der Waals surface area contributed by atoms with E-state index in [1.165, 1.54) is 0 Å². The van der Waals surface area contributed by atoms with Crippen LogP contribution in [0, 0.1) is 6.92 Å². The number of rotatable bonds is 3. The lowest BCUT2D eigenvalue weighted by Crippen LogP contribution is -2.23. The Kier molecular flexibility index (Phi) is 4.07. The monoisotopic (exact) mass is 275 g/mol. The molecule has 2 aromatic rings. The maximum Gasteiger partial charge on any atom is 0.253 e. The number of aryl methyl sites for hydroxylation is 1. The molecule has 0 saturated carbocycles. The number of carbonyl (C=O) groups is 1. The topological polar surface area (TPSA) is 49.3 Å². The zero-order valence-electron chi connectivity index (χ0n) is 10.5. The van der Waals surface area contributed by atoms with Gasteiger partial charge >= 0.3 is 0 Å². The van der Waals surface area contributed by atoms with Gasteiger partial charge in [0.2, 0.25) is 0 Å². The molecule has 0 aliphatic rings. The van der Waals surface area contributed by atoms with E-state index in [1.54, 1.807) is 36.4 Å². The van der Waals surface area contributed by atoms with Gasteiger partial charge in [0.25, 0.3) is 5.91 Å². The van der Waals surface area contributed by atoms with E-state index in [0.29, 0.717) is 16.1 Å². The van der Waals surface area contributed by atoms with Crippen LogP contribution < -0.4 is 5.32 Å². The molecule has 4 heteroatoms. The van der Waals surface area contributed by atoms with Crippen LogP contribution in [0.3, 0.4) is 0 Å². The van der Waals surface area contributed by atoms with Crippen molar-refractivity contribution in [3.63, 3.8) is 0 Å². The minimum absolute atomic E-state index is 0.165. The summed E-state index contributed by atoms with van der Waals surface area (Å²) < 4.78 is 0. The Labute approximate surface area is 116 Å². The molecule has 98 valence electrons. The average Bonchev–Trinajstić information content (AvgIpc) is 2.37. The van der Waals surface area contributed by atoms with E-state index in [0.717, 1.165) is 5.56 Å². The van der Waals surface area contributed by atoms with Gasteiger partial charge in [-0.3, -0.25) is 4.79 Å². The van der Waals surface area contributed by atoms with Crippen molar-refractivity contribution in [1.29, 1.82) is 0 Å². The molecular weight excluding hydrogens is 262 g/mol. The van der Waals surface area contributed by atoms with Crippen molar-refractivity contribution in [1.82, 2.24) is 5.32 Å². The molecule has 2 N–H and O–H groups in total. The number of benzene rings is 2. The van der Waals surface area contributed by atoms with E-state index in [1.807, 2.05) is 13.0 Å². The average molecular weight is 276 g/mol. The molecule has 2 aromatic carbocycles. The third kappa shape index (κ3) is 3.26. The summed E-state index contributed by atoms with van der Waals surface area (Å²) in [5.74, 6) is -0.0916. The van der Waals surface area contributed by atoms with Gasteiger partial charge in [-0.2, -0.15) is 0 Å². The fourth-order valence-corrected chi connectivity index (χ4v) is 2.06. The number of para-hydroxylation sites is 1. The van der Waals surface area contributed by atoms with Crippen molar-refractivity contribution in [2.45, 2.75) is 13.5 Å². The number of phenolic OH excluding ortho intramolecular Hbond substituents is 1. The smallest absolute Gasteiger partial charge is 0.253 e. The Morgan fingerprint density at radius 1 is 1.26 bits per heavy atom. The van der Waals surface area contributed by atoms with Gasteiger partial charge in [-0.15, -0.1) is 0 Å². The molecular formula is C15H14ClNO2. The summed E-state index contributed by atoms with van der Waals surface area (Å²) in [6, 6.07) is 12.2. The fraction of sp³-hybridized carbons (Fsp3) is 0.133. The van der Waals surface area contributed by atoms with Crippen molar-refractivity contribution < 1.29 is 9.90 Å². The van der Waals surface area contributed by atoms with Crippen molar-refractivity contribution in [3.8, 4) is 5.75 Å². The molecule has 2 rings (SSSR count). The summed E-state index contributed by atoms with van der Waals surface area (Å²) in [5.41, 5.74) is 2.10. The van der Waals surface area contributed by atoms with E-state index in [4.69, 9.17) is 11.6 Å². The summed E-state index contributed by atoms with van der Waals surface area (Å²) >= 11 is 6.03. The second-order valence-corrected chi connectivity index (χ2v) is 4.70. The second-order valence-electron chi connectivity index (χ2n) is 4.29. The number of nitrogens with one attached hydrogen (secondary N) is 1. The molecule has 0 fully saturated rings. The SMILES string of the molecule is Cc1ccc(C(=O)NCc2ccccc2O)c(Cl)c1. The van der Waals surface area contributed by atoms with Crippen LogP contribution >= 0.6 is 11.6 Å². The van der Waals surface area contributed by atoms with Crippen molar-refractivity contribution in [3.05, 3.63) is 64.2 Å². The summed E-state index contributed by atoms with van der Waals surface area (Å²) in [7, 11) is 0. The van der Waals surface area contributed by atoms with E-state index in [2.05, 4.69) is 5.32 Å². The van der Waals surface area contributed by atoms with Gasteiger partial charge in [-0.1, -0.05) is 35.9 Å². The highest BCUT2D eigenvalue weighted by Gasteiger charge is 2.10. The molecule has 0 heterocycles. The lowest BCUT2D eigenvalue weighted by molar-refractivity contribution is 0.0951. The Hall–Kier alpha value is -2.00. The zero-order valence-corrected chi connectivity index (χ0v) is 11.2. The minimum Gasteiger partial charge on any atom is -0.508 e. The largest absolute Gasteiger partial charge is 0.508 e. The fourth-order valence-electron chi connectivity index (χ4n) is 1.74. The highest BCUT2D eigenvalue weighted by atomic mass is 35.5. The van der Waals surface area contributed by atoms with Crippen molar-refractivity contribution in [2.24, 2.45) is 0 Å². The van der Waals surface area contributed by atoms with Crippen LogP contribution in [0.25, 0.3) is 0 Å². The molecule has 0 spiro atoms. The third-order valence-corrected chi connectivity index (χ3v) is 3.11. The molecule has 19 heavy (non-hydrogen) atoms. The maximum absolute atomic E-state index is 12.0. The van der Waals surface area contributed by atoms with Gasteiger partial charge in [0.1, 0.15) is 5.75 Å². The summed E-state index contributed by atoms with van der Waals surface area (Å²) in [6.07, 6.45) is 0. The molecule has 1 amide bonds. The molecule has 0 aliphatic heterocycles. The van der Waals surface area contributed by atoms with Gasteiger partial charge in [0.15, 0.2) is 0 Å². The Bertz CT molecular complexity index is 611. The first-order valence-electron chi connectivity index (χ1n) is 5.89. The second kappa shape index (κ2) is 5.76. The number of carbonyl (C=O) groups excluding carboxylic acids is 1. The normalized spacial score (nSPS) is 10.2. The quantitative estimate of drug-likeness (QED) is 0.903. The first-order valence-corrected chi connectivity index (χ1v) is 6.27. The van der Waals surface area contributed by atoms with Gasteiger partial charge in [0.05, 0.1) is 10.6 Å². The standard InChI is InChI=1S/C15H14ClNO2/c1-10-6-7-12(13(16)8-10)15(19)17-9-11-4-2-3-5-14(11)18/h2-8,18H,9H2,1H3,(H,17,19). The van der Waals surface area contributed by atoms with Gasteiger partial charge in [0, 0.05) is 12.1 Å². The minimum atomic E-state index is -0.256. The molecule has 3 nitrogen and oxygen atoms in total. The molecule has 0 bridgehead atoms. The zero-order chi connectivity index (χ0) is 13.8. The van der Waals surface area contributed by atoms with Crippen molar-refractivity contribution in [2.75, 3.05) is 0 Å². The van der Waals surface area contributed by atoms with Crippen LogP contribution in [0.2, 0.25) is 5.02 Å². The molecule has 0 atom stereocenters. The van der Waals surface area contributed by atoms with Gasteiger partial charge in [-0.25, -0.2) is 0 Å². The Balaban J connectivity index is 2.08. The molecule has 0 radical (unpaired) electrons. The third-order valence-electron chi connectivity index (χ3n) is 2.80. The highest BCUT2D eigenvalue weighted by Crippen LogP contribution is 2.18. The first kappa shape index (κ1) is 13.4. The van der Waals surface area contributed by atoms with Crippen LogP contribution in [0.1, 0.15) is 21.5 Å². The summed E-state index contributed by atoms with van der Waals surface area (Å²) in [6.45, 7) is 2.17. The van der Waals surface area contributed by atoms with Gasteiger partial charge < -0.3 is 10.4 Å². The number of phenols is 1. The summed E-state index contributed by atoms with van der Waals surface area (Å²) in [4.78, 5) is 12.0. The number of aromatic hydroxyl groups is 1. The molecule has 0 aromatic heterocycles. The first-order chi connectivity index (χ1) is 9.08. The van der Waals surface area contributed by atoms with E-state index >= 15 is 0 Å². The highest BCUT2D eigenvalue weighted by molar-refractivity contribution is 6.33. The summed E-state index contributed by atoms with van der Waals surface area (Å²) in [5, 5.41) is 12.8. The van der Waals surface area contributed by atoms with E-state index in [-0.39, 0.29) is 18.2 Å². The molecule has 0 saturated heterocycles. The van der Waals surface area contributed by atoms with Crippen LogP contribution in [0.5, 0.6) is 5.75 Å². The van der Waals surface area contributed by atoms with Crippen LogP contribution in [-0.4, -0.2) is 11.0 Å². The lowest BCUT2D eigenvalue weighted by atomic mass is 10.1. The predicted molar refractivity (Wildman–Crippen MR) is 75.5 cm³/mol. The number of hydrogen-bond donors (Lipinski definition) is 2. The van der Waals surface area contributed by atoms with Crippen molar-refractivity contribution >= 4 is 17.5 Å². The predicted octanol–water partition coefficient (Wildman–Crippen LogP) is 3.28. The van der Waals surface area contributed by atoms with Crippen LogP contribution in [-0.2, 0) is 6.54 Å². The van der Waals surface area contributed by atoms with E-state index < -0.39 is 0 Å². The number of halogens is 1. The lowest BCUT2D eigenvalue weighted by Gasteiger charge is -2.08. The maximum atomic E-state index is 12.0. The molecule has 0 aliphatic carbocycles. The Morgan fingerprint density at radius 2 is 2.00 bits per heavy atom. The van der Waals surface area contributed by atoms with Crippen LogP contribution in [0.4, 0.5) is 0 Å². The van der Waals surface area contributed by atoms with E-state index in [9.17, 15) is 9.90 Å². The number of hydrogen-bond acceptors (Lipinski definition) is 2. The van der Waals surface area contributed by atoms with Crippen LogP contribution in [0.15, 0.2) is 42.5 Å².